The summed E-state index contributed by atoms with van der Waals surface area (Å²) in [5.74, 6) is 0.856. The highest BCUT2D eigenvalue weighted by Gasteiger charge is 2.16. The molecule has 0 saturated heterocycles. The van der Waals surface area contributed by atoms with E-state index >= 15 is 0 Å². The monoisotopic (exact) mass is 379 g/mol. The van der Waals surface area contributed by atoms with Gasteiger partial charge in [0, 0.05) is 24.5 Å². The molecule has 0 aliphatic carbocycles. The number of urea groups is 1. The number of benzene rings is 2. The van der Waals surface area contributed by atoms with Crippen LogP contribution in [0, 0.1) is 0 Å². The summed E-state index contributed by atoms with van der Waals surface area (Å²) in [4.78, 5) is 16.2. The zero-order chi connectivity index (χ0) is 18.2. The van der Waals surface area contributed by atoms with E-state index in [-0.39, 0.29) is 24.5 Å². The predicted octanol–water partition coefficient (Wildman–Crippen LogP) is 3.62. The van der Waals surface area contributed by atoms with Crippen LogP contribution in [0.1, 0.15) is 13.8 Å². The van der Waals surface area contributed by atoms with E-state index in [4.69, 9.17) is 4.74 Å². The zero-order valence-corrected chi connectivity index (χ0v) is 16.9. The summed E-state index contributed by atoms with van der Waals surface area (Å²) >= 11 is 0. The fourth-order valence-electron chi connectivity index (χ4n) is 2.66. The van der Waals surface area contributed by atoms with Gasteiger partial charge in [0.2, 0.25) is 0 Å². The van der Waals surface area contributed by atoms with Crippen molar-refractivity contribution in [2.75, 3.05) is 40.3 Å². The Morgan fingerprint density at radius 1 is 1.08 bits per heavy atom. The summed E-state index contributed by atoms with van der Waals surface area (Å²) in [6, 6.07) is 14.3. The molecule has 2 aromatic rings. The number of ether oxygens (including phenoxy) is 1. The van der Waals surface area contributed by atoms with Crippen LogP contribution < -0.4 is 10.1 Å². The van der Waals surface area contributed by atoms with Crippen LogP contribution in [0.25, 0.3) is 10.8 Å². The van der Waals surface area contributed by atoms with Gasteiger partial charge < -0.3 is 19.9 Å². The number of carbonyl (C=O) groups excluding carboxylic acids is 1. The highest BCUT2D eigenvalue weighted by atomic mass is 35.5. The zero-order valence-electron chi connectivity index (χ0n) is 16.1. The van der Waals surface area contributed by atoms with Crippen molar-refractivity contribution in [1.82, 2.24) is 15.1 Å². The summed E-state index contributed by atoms with van der Waals surface area (Å²) in [7, 11) is 3.98. The number of rotatable bonds is 8. The molecular formula is C20H30ClN3O2. The van der Waals surface area contributed by atoms with Gasteiger partial charge in [-0.25, -0.2) is 4.79 Å². The van der Waals surface area contributed by atoms with Gasteiger partial charge in [-0.15, -0.1) is 12.4 Å². The Hall–Kier alpha value is -1.98. The topological polar surface area (TPSA) is 44.8 Å². The first-order valence-electron chi connectivity index (χ1n) is 8.79. The first-order chi connectivity index (χ1) is 12.0. The second kappa shape index (κ2) is 10.9. The van der Waals surface area contributed by atoms with Crippen LogP contribution in [0.15, 0.2) is 42.5 Å². The maximum absolute atomic E-state index is 12.4. The number of likely N-dealkylation sites (N-methyl/N-ethyl adjacent to an activating group) is 1. The Labute approximate surface area is 162 Å². The van der Waals surface area contributed by atoms with Crippen molar-refractivity contribution in [1.29, 1.82) is 0 Å². The average molecular weight is 380 g/mol. The number of hydrogen-bond acceptors (Lipinski definition) is 3. The minimum Gasteiger partial charge on any atom is -0.491 e. The van der Waals surface area contributed by atoms with E-state index in [1.54, 1.807) is 4.90 Å². The minimum atomic E-state index is -0.0432. The summed E-state index contributed by atoms with van der Waals surface area (Å²) in [5, 5.41) is 5.21. The number of hydrogen-bond donors (Lipinski definition) is 1. The standard InChI is InChI=1S/C20H29N3O2.ClH/c1-16(2)23(20(24)21-12-13-22(3)4)14-15-25-19-11-7-9-17-8-5-6-10-18(17)19;/h5-11,16H,12-15H2,1-4H3,(H,21,24);1H. The fraction of sp³-hybridized carbons (Fsp3) is 0.450. The predicted molar refractivity (Wildman–Crippen MR) is 110 cm³/mol. The molecule has 26 heavy (non-hydrogen) atoms. The maximum atomic E-state index is 12.4. The number of carbonyl (C=O) groups is 1. The van der Waals surface area contributed by atoms with Gasteiger partial charge in [-0.2, -0.15) is 0 Å². The van der Waals surface area contributed by atoms with Gasteiger partial charge in [0.05, 0.1) is 6.54 Å². The second-order valence-electron chi connectivity index (χ2n) is 6.65. The summed E-state index contributed by atoms with van der Waals surface area (Å²) < 4.78 is 5.96. The second-order valence-corrected chi connectivity index (χ2v) is 6.65. The normalized spacial score (nSPS) is 10.7. The number of fused-ring (bicyclic) bond motifs is 1. The quantitative estimate of drug-likeness (QED) is 0.761. The molecule has 144 valence electrons. The van der Waals surface area contributed by atoms with Gasteiger partial charge in [-0.1, -0.05) is 36.4 Å². The lowest BCUT2D eigenvalue weighted by Crippen LogP contribution is -2.47. The van der Waals surface area contributed by atoms with Gasteiger partial charge in [0.1, 0.15) is 12.4 Å². The molecular weight excluding hydrogens is 350 g/mol. The Bertz CT molecular complexity index is 686. The van der Waals surface area contributed by atoms with Gasteiger partial charge in [-0.05, 0) is 39.4 Å². The van der Waals surface area contributed by atoms with E-state index in [0.29, 0.717) is 19.7 Å². The molecule has 0 atom stereocenters. The first-order valence-corrected chi connectivity index (χ1v) is 8.79. The highest BCUT2D eigenvalue weighted by molar-refractivity contribution is 5.88. The molecule has 2 amide bonds. The number of amides is 2. The van der Waals surface area contributed by atoms with E-state index < -0.39 is 0 Å². The minimum absolute atomic E-state index is 0. The molecule has 0 aromatic heterocycles. The van der Waals surface area contributed by atoms with Crippen LogP contribution in [0.5, 0.6) is 5.75 Å². The largest absolute Gasteiger partial charge is 0.491 e. The highest BCUT2D eigenvalue weighted by Crippen LogP contribution is 2.25. The molecule has 0 radical (unpaired) electrons. The van der Waals surface area contributed by atoms with Gasteiger partial charge >= 0.3 is 6.03 Å². The van der Waals surface area contributed by atoms with Crippen molar-refractivity contribution < 1.29 is 9.53 Å². The summed E-state index contributed by atoms with van der Waals surface area (Å²) in [6.45, 7) is 6.51. The summed E-state index contributed by atoms with van der Waals surface area (Å²) in [6.07, 6.45) is 0. The molecule has 0 aliphatic rings. The fourth-order valence-corrected chi connectivity index (χ4v) is 2.66. The van der Waals surface area contributed by atoms with E-state index in [1.807, 2.05) is 57.1 Å². The summed E-state index contributed by atoms with van der Waals surface area (Å²) in [5.41, 5.74) is 0. The number of nitrogens with zero attached hydrogens (tertiary/aromatic N) is 2. The van der Waals surface area contributed by atoms with Crippen molar-refractivity contribution in [2.45, 2.75) is 19.9 Å². The van der Waals surface area contributed by atoms with Crippen molar-refractivity contribution in [3.05, 3.63) is 42.5 Å². The molecule has 1 N–H and O–H groups in total. The van der Waals surface area contributed by atoms with Crippen LogP contribution in [-0.2, 0) is 0 Å². The van der Waals surface area contributed by atoms with Crippen molar-refractivity contribution in [3.8, 4) is 5.75 Å². The maximum Gasteiger partial charge on any atom is 0.317 e. The van der Waals surface area contributed by atoms with E-state index in [2.05, 4.69) is 23.5 Å². The lowest BCUT2D eigenvalue weighted by molar-refractivity contribution is 0.166. The van der Waals surface area contributed by atoms with Crippen molar-refractivity contribution >= 4 is 29.2 Å². The molecule has 0 unspecified atom stereocenters. The average Bonchev–Trinajstić information content (AvgIpc) is 2.58. The molecule has 0 aliphatic heterocycles. The van der Waals surface area contributed by atoms with Crippen LogP contribution in [-0.4, -0.2) is 62.2 Å². The molecule has 0 saturated carbocycles. The van der Waals surface area contributed by atoms with E-state index in [0.717, 1.165) is 23.1 Å². The van der Waals surface area contributed by atoms with E-state index in [9.17, 15) is 4.79 Å². The number of nitrogens with one attached hydrogen (secondary N) is 1. The van der Waals surface area contributed by atoms with Crippen LogP contribution >= 0.6 is 12.4 Å². The Kier molecular flexibility index (Phi) is 9.24. The van der Waals surface area contributed by atoms with Crippen LogP contribution in [0.3, 0.4) is 0 Å². The molecule has 5 nitrogen and oxygen atoms in total. The third-order valence-electron chi connectivity index (χ3n) is 4.06. The molecule has 0 bridgehead atoms. The van der Waals surface area contributed by atoms with Crippen molar-refractivity contribution in [2.24, 2.45) is 0 Å². The third kappa shape index (κ3) is 6.39. The smallest absolute Gasteiger partial charge is 0.317 e. The molecule has 0 fully saturated rings. The van der Waals surface area contributed by atoms with Crippen LogP contribution in [0.2, 0.25) is 0 Å². The Balaban J connectivity index is 0.00000338. The molecule has 6 heteroatoms. The molecule has 2 rings (SSSR count). The SMILES string of the molecule is CC(C)N(CCOc1cccc2ccccc12)C(=O)NCCN(C)C.Cl. The third-order valence-corrected chi connectivity index (χ3v) is 4.06. The molecule has 0 heterocycles. The van der Waals surface area contributed by atoms with Gasteiger partial charge in [0.25, 0.3) is 0 Å². The number of halogens is 1. The van der Waals surface area contributed by atoms with E-state index in [1.165, 1.54) is 0 Å². The first kappa shape index (κ1) is 22.1. The Morgan fingerprint density at radius 3 is 2.46 bits per heavy atom. The van der Waals surface area contributed by atoms with Crippen molar-refractivity contribution in [3.63, 3.8) is 0 Å². The van der Waals surface area contributed by atoms with Gasteiger partial charge in [0.15, 0.2) is 0 Å². The molecule has 0 spiro atoms. The lowest BCUT2D eigenvalue weighted by atomic mass is 10.1. The Morgan fingerprint density at radius 2 is 1.77 bits per heavy atom. The van der Waals surface area contributed by atoms with Crippen LogP contribution in [0.4, 0.5) is 4.79 Å². The van der Waals surface area contributed by atoms with Gasteiger partial charge in [-0.3, -0.25) is 0 Å². The molecule has 2 aromatic carbocycles. The lowest BCUT2D eigenvalue weighted by Gasteiger charge is -2.27.